The highest BCUT2D eigenvalue weighted by Crippen LogP contribution is 2.35. The summed E-state index contributed by atoms with van der Waals surface area (Å²) in [7, 11) is 3.45. The Labute approximate surface area is 167 Å². The van der Waals surface area contributed by atoms with Crippen LogP contribution in [0.2, 0.25) is 5.02 Å². The van der Waals surface area contributed by atoms with Crippen LogP contribution in [0, 0.1) is 0 Å². The highest BCUT2D eigenvalue weighted by atomic mass is 35.5. The first-order valence-electron chi connectivity index (χ1n) is 8.55. The molecule has 1 atom stereocenters. The zero-order valence-electron chi connectivity index (χ0n) is 15.3. The third-order valence-corrected chi connectivity index (χ3v) is 5.66. The standard InChI is InChI=1S/C20H20ClN3O2S/c1-4-24-18(25)15-12-14(21)10-11-16(15)22-20(24)27-17(19(26)23(2)3)13-8-6-5-7-9-13/h5-12,17H,4H2,1-3H3. The van der Waals surface area contributed by atoms with Crippen molar-refractivity contribution in [2.45, 2.75) is 23.9 Å². The van der Waals surface area contributed by atoms with Gasteiger partial charge in [-0.2, -0.15) is 0 Å². The first-order valence-corrected chi connectivity index (χ1v) is 9.81. The van der Waals surface area contributed by atoms with Gasteiger partial charge in [-0.05, 0) is 30.7 Å². The van der Waals surface area contributed by atoms with Crippen LogP contribution in [-0.2, 0) is 11.3 Å². The third-order valence-electron chi connectivity index (χ3n) is 4.19. The number of hydrogen-bond acceptors (Lipinski definition) is 4. The van der Waals surface area contributed by atoms with Crippen molar-refractivity contribution in [2.24, 2.45) is 0 Å². The highest BCUT2D eigenvalue weighted by molar-refractivity contribution is 8.00. The maximum absolute atomic E-state index is 12.9. The smallest absolute Gasteiger partial charge is 0.262 e. The lowest BCUT2D eigenvalue weighted by atomic mass is 10.1. The minimum Gasteiger partial charge on any atom is -0.348 e. The third kappa shape index (κ3) is 4.01. The molecule has 0 spiro atoms. The Balaban J connectivity index is 2.13. The first kappa shape index (κ1) is 19.5. The van der Waals surface area contributed by atoms with E-state index in [0.717, 1.165) is 5.56 Å². The van der Waals surface area contributed by atoms with E-state index >= 15 is 0 Å². The maximum Gasteiger partial charge on any atom is 0.262 e. The summed E-state index contributed by atoms with van der Waals surface area (Å²) in [5.74, 6) is -0.0562. The zero-order chi connectivity index (χ0) is 19.6. The monoisotopic (exact) mass is 401 g/mol. The van der Waals surface area contributed by atoms with Gasteiger partial charge < -0.3 is 4.90 Å². The van der Waals surface area contributed by atoms with Crippen LogP contribution in [-0.4, -0.2) is 34.5 Å². The molecule has 1 amide bonds. The number of carbonyl (C=O) groups is 1. The molecule has 0 aliphatic heterocycles. The number of thioether (sulfide) groups is 1. The molecule has 0 bridgehead atoms. The largest absolute Gasteiger partial charge is 0.348 e. The second-order valence-corrected chi connectivity index (χ2v) is 7.76. The van der Waals surface area contributed by atoms with Gasteiger partial charge in [-0.3, -0.25) is 14.2 Å². The molecule has 0 N–H and O–H groups in total. The molecule has 0 aliphatic carbocycles. The van der Waals surface area contributed by atoms with Crippen molar-refractivity contribution < 1.29 is 4.79 Å². The Hall–Kier alpha value is -2.31. The molecule has 2 aromatic carbocycles. The SMILES string of the molecule is CCn1c(SC(C(=O)N(C)C)c2ccccc2)nc2ccc(Cl)cc2c1=O. The number of likely N-dealkylation sites (N-methyl/N-ethyl adjacent to an activating group) is 1. The summed E-state index contributed by atoms with van der Waals surface area (Å²) in [6, 6.07) is 14.6. The molecule has 3 rings (SSSR count). The normalized spacial score (nSPS) is 12.1. The number of carbonyl (C=O) groups excluding carboxylic acids is 1. The molecule has 7 heteroatoms. The zero-order valence-corrected chi connectivity index (χ0v) is 16.9. The fourth-order valence-electron chi connectivity index (χ4n) is 2.77. The van der Waals surface area contributed by atoms with Gasteiger partial charge in [0, 0.05) is 25.7 Å². The predicted molar refractivity (Wildman–Crippen MR) is 110 cm³/mol. The molecule has 0 saturated heterocycles. The van der Waals surface area contributed by atoms with Crippen LogP contribution in [0.4, 0.5) is 0 Å². The van der Waals surface area contributed by atoms with Gasteiger partial charge in [-0.15, -0.1) is 0 Å². The second-order valence-electron chi connectivity index (χ2n) is 6.25. The Bertz CT molecular complexity index is 1030. The summed E-state index contributed by atoms with van der Waals surface area (Å²) in [5.41, 5.74) is 1.28. The van der Waals surface area contributed by atoms with Crippen LogP contribution in [0.25, 0.3) is 10.9 Å². The van der Waals surface area contributed by atoms with Gasteiger partial charge >= 0.3 is 0 Å². The minimum absolute atomic E-state index is 0.0562. The van der Waals surface area contributed by atoms with E-state index in [4.69, 9.17) is 11.6 Å². The Kier molecular flexibility index (Phi) is 5.87. The van der Waals surface area contributed by atoms with Gasteiger partial charge in [0.2, 0.25) is 5.91 Å². The average Bonchev–Trinajstić information content (AvgIpc) is 2.67. The number of rotatable bonds is 5. The number of amides is 1. The van der Waals surface area contributed by atoms with Gasteiger partial charge in [-0.25, -0.2) is 4.98 Å². The Morgan fingerprint density at radius 1 is 1.22 bits per heavy atom. The lowest BCUT2D eigenvalue weighted by Gasteiger charge is -2.21. The molecule has 1 heterocycles. The summed E-state index contributed by atoms with van der Waals surface area (Å²) in [5, 5.41) is 0.996. The molecule has 0 saturated carbocycles. The fraction of sp³-hybridized carbons (Fsp3) is 0.250. The molecule has 0 aliphatic rings. The lowest BCUT2D eigenvalue weighted by Crippen LogP contribution is -2.28. The summed E-state index contributed by atoms with van der Waals surface area (Å²) in [6.07, 6.45) is 0. The predicted octanol–water partition coefficient (Wildman–Crippen LogP) is 3.99. The summed E-state index contributed by atoms with van der Waals surface area (Å²) >= 11 is 7.33. The van der Waals surface area contributed by atoms with E-state index < -0.39 is 5.25 Å². The summed E-state index contributed by atoms with van der Waals surface area (Å²) in [6.45, 7) is 2.34. The van der Waals surface area contributed by atoms with E-state index in [2.05, 4.69) is 4.98 Å². The molecule has 27 heavy (non-hydrogen) atoms. The van der Waals surface area contributed by atoms with Crippen molar-refractivity contribution in [1.29, 1.82) is 0 Å². The topological polar surface area (TPSA) is 55.2 Å². The van der Waals surface area contributed by atoms with E-state index in [-0.39, 0.29) is 11.5 Å². The number of nitrogens with zero attached hydrogens (tertiary/aromatic N) is 3. The molecule has 5 nitrogen and oxygen atoms in total. The molecule has 3 aromatic rings. The van der Waals surface area contributed by atoms with Crippen molar-refractivity contribution in [3.8, 4) is 0 Å². The molecule has 0 radical (unpaired) electrons. The minimum atomic E-state index is -0.490. The number of aromatic nitrogens is 2. The lowest BCUT2D eigenvalue weighted by molar-refractivity contribution is -0.128. The molecular weight excluding hydrogens is 382 g/mol. The molecule has 0 fully saturated rings. The Morgan fingerprint density at radius 3 is 2.56 bits per heavy atom. The van der Waals surface area contributed by atoms with Crippen molar-refractivity contribution in [3.63, 3.8) is 0 Å². The van der Waals surface area contributed by atoms with Crippen molar-refractivity contribution in [2.75, 3.05) is 14.1 Å². The van der Waals surface area contributed by atoms with Crippen molar-refractivity contribution >= 4 is 40.2 Å². The molecule has 1 unspecified atom stereocenters. The van der Waals surface area contributed by atoms with Gasteiger partial charge in [0.1, 0.15) is 5.25 Å². The van der Waals surface area contributed by atoms with Gasteiger partial charge in [0.15, 0.2) is 5.16 Å². The fourth-order valence-corrected chi connectivity index (χ4v) is 4.25. The average molecular weight is 402 g/mol. The summed E-state index contributed by atoms with van der Waals surface area (Å²) in [4.78, 5) is 31.9. The molecule has 1 aromatic heterocycles. The Morgan fingerprint density at radius 2 is 1.93 bits per heavy atom. The van der Waals surface area contributed by atoms with Gasteiger partial charge in [-0.1, -0.05) is 53.7 Å². The van der Waals surface area contributed by atoms with Crippen LogP contribution in [0.5, 0.6) is 0 Å². The number of fused-ring (bicyclic) bond motifs is 1. The first-order chi connectivity index (χ1) is 12.9. The van der Waals surface area contributed by atoms with Crippen LogP contribution in [0.15, 0.2) is 58.5 Å². The van der Waals surface area contributed by atoms with Gasteiger partial charge in [0.05, 0.1) is 10.9 Å². The summed E-state index contributed by atoms with van der Waals surface area (Å²) < 4.78 is 1.59. The van der Waals surface area contributed by atoms with E-state index in [1.165, 1.54) is 11.8 Å². The molecule has 140 valence electrons. The second kappa shape index (κ2) is 8.15. The number of hydrogen-bond donors (Lipinski definition) is 0. The quantitative estimate of drug-likeness (QED) is 0.479. The maximum atomic E-state index is 12.9. The van der Waals surface area contributed by atoms with Crippen LogP contribution in [0.1, 0.15) is 17.7 Å². The number of halogens is 1. The van der Waals surface area contributed by atoms with Crippen LogP contribution in [0.3, 0.4) is 0 Å². The van der Waals surface area contributed by atoms with Crippen LogP contribution < -0.4 is 5.56 Å². The van der Waals surface area contributed by atoms with E-state index in [0.29, 0.717) is 27.6 Å². The van der Waals surface area contributed by atoms with E-state index in [1.807, 2.05) is 37.3 Å². The van der Waals surface area contributed by atoms with Crippen molar-refractivity contribution in [1.82, 2.24) is 14.5 Å². The van der Waals surface area contributed by atoms with E-state index in [1.54, 1.807) is 41.8 Å². The van der Waals surface area contributed by atoms with Gasteiger partial charge in [0.25, 0.3) is 5.56 Å². The van der Waals surface area contributed by atoms with Crippen LogP contribution >= 0.6 is 23.4 Å². The van der Waals surface area contributed by atoms with Crippen molar-refractivity contribution in [3.05, 3.63) is 69.5 Å². The van der Waals surface area contributed by atoms with E-state index in [9.17, 15) is 9.59 Å². The highest BCUT2D eigenvalue weighted by Gasteiger charge is 2.26. The number of benzene rings is 2. The molecular formula is C20H20ClN3O2S.